The Labute approximate surface area is 171 Å². The van der Waals surface area contributed by atoms with Crippen LogP contribution in [0.4, 0.5) is 0 Å². The lowest BCUT2D eigenvalue weighted by molar-refractivity contribution is -0.119. The monoisotopic (exact) mass is 376 g/mol. The van der Waals surface area contributed by atoms with E-state index in [4.69, 9.17) is 0 Å². The minimum atomic E-state index is 0.383. The number of carbonyl (C=O) groups excluding carboxylic acids is 1. The van der Waals surface area contributed by atoms with E-state index in [0.29, 0.717) is 29.0 Å². The van der Waals surface area contributed by atoms with Gasteiger partial charge in [-0.1, -0.05) is 74.1 Å². The summed E-state index contributed by atoms with van der Waals surface area (Å²) < 4.78 is 0. The van der Waals surface area contributed by atoms with E-state index in [1.165, 1.54) is 36.0 Å². The molecule has 1 aromatic carbocycles. The van der Waals surface area contributed by atoms with Gasteiger partial charge in [0.05, 0.1) is 0 Å². The molecule has 2 aliphatic rings. The van der Waals surface area contributed by atoms with Crippen LogP contribution in [0.1, 0.15) is 82.3 Å². The fourth-order valence-electron chi connectivity index (χ4n) is 5.28. The summed E-state index contributed by atoms with van der Waals surface area (Å²) in [6.07, 6.45) is 17.0. The van der Waals surface area contributed by atoms with Gasteiger partial charge in [0.1, 0.15) is 5.78 Å². The van der Waals surface area contributed by atoms with Gasteiger partial charge in [-0.3, -0.25) is 4.79 Å². The Balaban J connectivity index is 1.49. The second-order valence-electron chi connectivity index (χ2n) is 9.07. The van der Waals surface area contributed by atoms with Gasteiger partial charge in [-0.15, -0.1) is 0 Å². The van der Waals surface area contributed by atoms with Crippen molar-refractivity contribution in [2.45, 2.75) is 78.1 Å². The third kappa shape index (κ3) is 4.24. The van der Waals surface area contributed by atoms with Crippen LogP contribution in [0.15, 0.2) is 60.7 Å². The molecule has 0 bridgehead atoms. The lowest BCUT2D eigenvalue weighted by Gasteiger charge is -2.16. The van der Waals surface area contributed by atoms with E-state index in [1.807, 2.05) is 6.08 Å². The van der Waals surface area contributed by atoms with Crippen molar-refractivity contribution >= 4 is 5.78 Å². The molecule has 0 aromatic heterocycles. The fourth-order valence-corrected chi connectivity index (χ4v) is 5.28. The smallest absolute Gasteiger partial charge is 0.133 e. The third-order valence-corrected chi connectivity index (χ3v) is 6.98. The van der Waals surface area contributed by atoms with E-state index in [9.17, 15) is 4.79 Å². The zero-order chi connectivity index (χ0) is 20.2. The molecule has 1 unspecified atom stereocenters. The summed E-state index contributed by atoms with van der Waals surface area (Å²) in [4.78, 5) is 12.7. The predicted octanol–water partition coefficient (Wildman–Crippen LogP) is 7.48. The zero-order valence-electron chi connectivity index (χ0n) is 18.0. The molecular weight excluding hydrogens is 340 g/mol. The van der Waals surface area contributed by atoms with E-state index in [0.717, 1.165) is 25.7 Å². The first-order valence-corrected chi connectivity index (χ1v) is 11.0. The van der Waals surface area contributed by atoms with E-state index < -0.39 is 0 Å². The predicted molar refractivity (Wildman–Crippen MR) is 119 cm³/mol. The van der Waals surface area contributed by atoms with Crippen molar-refractivity contribution in [2.75, 3.05) is 0 Å². The van der Waals surface area contributed by atoms with Crippen molar-refractivity contribution < 1.29 is 4.79 Å². The summed E-state index contributed by atoms with van der Waals surface area (Å²) in [6, 6.07) is 8.70. The number of aryl methyl sites for hydroxylation is 1. The molecule has 1 nitrogen and oxygen atoms in total. The number of hydrogen-bond donors (Lipinski definition) is 0. The largest absolute Gasteiger partial charge is 0.300 e. The first kappa shape index (κ1) is 20.8. The molecule has 3 rings (SSSR count). The number of rotatable bonds is 12. The Morgan fingerprint density at radius 1 is 1.32 bits per heavy atom. The molecular formula is C27H36O. The molecule has 1 aromatic rings. The quantitative estimate of drug-likeness (QED) is 0.346. The molecule has 2 aliphatic carbocycles. The summed E-state index contributed by atoms with van der Waals surface area (Å²) in [5.74, 6) is 0.826. The molecule has 0 radical (unpaired) electrons. The maximum atomic E-state index is 12.7. The second-order valence-corrected chi connectivity index (χ2v) is 9.07. The minimum absolute atomic E-state index is 0.383. The number of ketones is 1. The molecule has 1 atom stereocenters. The molecule has 2 fully saturated rings. The number of benzene rings is 1. The van der Waals surface area contributed by atoms with Crippen molar-refractivity contribution in [3.05, 3.63) is 71.8 Å². The van der Waals surface area contributed by atoms with Crippen molar-refractivity contribution in [1.29, 1.82) is 0 Å². The highest BCUT2D eigenvalue weighted by atomic mass is 16.1. The summed E-state index contributed by atoms with van der Waals surface area (Å²) in [5, 5.41) is 0. The number of Topliss-reactive ketones (excluding diaryl/α,β-unsaturated/α-hetero) is 1. The van der Waals surface area contributed by atoms with Crippen LogP contribution in [0.2, 0.25) is 0 Å². The highest BCUT2D eigenvalue weighted by Crippen LogP contribution is 2.90. The molecule has 28 heavy (non-hydrogen) atoms. The van der Waals surface area contributed by atoms with Gasteiger partial charge >= 0.3 is 0 Å². The highest BCUT2D eigenvalue weighted by molar-refractivity contribution is 5.79. The first-order chi connectivity index (χ1) is 13.5. The lowest BCUT2D eigenvalue weighted by atomic mass is 9.88. The van der Waals surface area contributed by atoms with Gasteiger partial charge in [-0.25, -0.2) is 0 Å². The van der Waals surface area contributed by atoms with Crippen LogP contribution < -0.4 is 0 Å². The molecule has 150 valence electrons. The number of fused-ring (bicyclic) bond motifs is 1. The standard InChI is InChI=1S/C27H36O/c1-5-10-22(23-14-8-13-21(4)17-23)18-25(28)15-9-16-26-19-27(26,20-26)24(11-6-2)12-7-3/h6-8,11-14,17,22H,2,5,9-10,15-16,18-20H2,1,3-4H3/b12-7-,24-11+. The fraction of sp³-hybridized carbons (Fsp3) is 0.519. The van der Waals surface area contributed by atoms with Gasteiger partial charge in [0.25, 0.3) is 0 Å². The molecule has 0 aliphatic heterocycles. The van der Waals surface area contributed by atoms with Crippen molar-refractivity contribution in [3.63, 3.8) is 0 Å². The summed E-state index contributed by atoms with van der Waals surface area (Å²) in [5.41, 5.74) is 4.99. The topological polar surface area (TPSA) is 17.1 Å². The molecule has 2 saturated carbocycles. The Morgan fingerprint density at radius 2 is 2.11 bits per heavy atom. The van der Waals surface area contributed by atoms with Crippen LogP contribution in [-0.4, -0.2) is 5.78 Å². The van der Waals surface area contributed by atoms with Crippen molar-refractivity contribution in [1.82, 2.24) is 0 Å². The van der Waals surface area contributed by atoms with Gasteiger partial charge in [-0.2, -0.15) is 0 Å². The van der Waals surface area contributed by atoms with Crippen molar-refractivity contribution in [3.8, 4) is 0 Å². The SMILES string of the molecule is C=C/C=C(\C=C/C)C12CC1(CCCC(=O)CC(CCC)c1cccc(C)c1)C2. The van der Waals surface area contributed by atoms with Crippen LogP contribution >= 0.6 is 0 Å². The van der Waals surface area contributed by atoms with E-state index in [1.54, 1.807) is 0 Å². The molecule has 0 N–H and O–H groups in total. The normalized spacial score (nSPS) is 26.8. The van der Waals surface area contributed by atoms with Gasteiger partial charge < -0.3 is 0 Å². The van der Waals surface area contributed by atoms with Crippen LogP contribution in [-0.2, 0) is 4.79 Å². The van der Waals surface area contributed by atoms with Crippen LogP contribution in [0.25, 0.3) is 0 Å². The summed E-state index contributed by atoms with van der Waals surface area (Å²) >= 11 is 0. The summed E-state index contributed by atoms with van der Waals surface area (Å²) in [6.45, 7) is 10.3. The van der Waals surface area contributed by atoms with Crippen LogP contribution in [0, 0.1) is 17.8 Å². The molecule has 1 heteroatoms. The van der Waals surface area contributed by atoms with E-state index in [2.05, 4.69) is 69.8 Å². The number of allylic oxidation sites excluding steroid dienone is 5. The van der Waals surface area contributed by atoms with Crippen molar-refractivity contribution in [2.24, 2.45) is 10.8 Å². The average Bonchev–Trinajstić information content (AvgIpc) is 3.48. The lowest BCUT2D eigenvalue weighted by Crippen LogP contribution is -2.08. The minimum Gasteiger partial charge on any atom is -0.300 e. The van der Waals surface area contributed by atoms with Gasteiger partial charge in [0.15, 0.2) is 0 Å². The molecule has 0 heterocycles. The second kappa shape index (κ2) is 8.64. The Morgan fingerprint density at radius 3 is 2.75 bits per heavy atom. The highest BCUT2D eigenvalue weighted by Gasteiger charge is 2.82. The third-order valence-electron chi connectivity index (χ3n) is 6.98. The van der Waals surface area contributed by atoms with E-state index >= 15 is 0 Å². The molecule has 0 amide bonds. The number of hydrogen-bond acceptors (Lipinski definition) is 1. The number of carbonyl (C=O) groups is 1. The first-order valence-electron chi connectivity index (χ1n) is 11.0. The Bertz CT molecular complexity index is 773. The Kier molecular flexibility index (Phi) is 6.43. The van der Waals surface area contributed by atoms with Gasteiger partial charge in [0.2, 0.25) is 0 Å². The zero-order valence-corrected chi connectivity index (χ0v) is 18.0. The maximum Gasteiger partial charge on any atom is 0.133 e. The maximum absolute atomic E-state index is 12.7. The summed E-state index contributed by atoms with van der Waals surface area (Å²) in [7, 11) is 0. The Hall–Kier alpha value is -1.89. The molecule has 0 spiro atoms. The molecule has 0 saturated heterocycles. The van der Waals surface area contributed by atoms with Crippen LogP contribution in [0.3, 0.4) is 0 Å². The van der Waals surface area contributed by atoms with E-state index in [-0.39, 0.29) is 0 Å². The van der Waals surface area contributed by atoms with Gasteiger partial charge in [0, 0.05) is 18.3 Å². The van der Waals surface area contributed by atoms with Gasteiger partial charge in [-0.05, 0) is 68.4 Å². The average molecular weight is 377 g/mol. The van der Waals surface area contributed by atoms with Crippen LogP contribution in [0.5, 0.6) is 0 Å².